The van der Waals surface area contributed by atoms with Gasteiger partial charge in [0.05, 0.1) is 7.11 Å². The lowest BCUT2D eigenvalue weighted by atomic mass is 9.70. The van der Waals surface area contributed by atoms with Gasteiger partial charge in [-0.2, -0.15) is 0 Å². The molecule has 0 saturated carbocycles. The molecule has 0 bridgehead atoms. The van der Waals surface area contributed by atoms with Gasteiger partial charge in [0.1, 0.15) is 5.68 Å². The third-order valence-corrected chi connectivity index (χ3v) is 0.990. The average molecular weight is 153 g/mol. The van der Waals surface area contributed by atoms with Gasteiger partial charge in [0, 0.05) is 6.08 Å². The van der Waals surface area contributed by atoms with E-state index in [-0.39, 0.29) is 5.68 Å². The van der Waals surface area contributed by atoms with Gasteiger partial charge in [0.25, 0.3) is 0 Å². The SMILES string of the molecule is CC[B]C(=O)/C=C\C(=O)OC. The quantitative estimate of drug-likeness (QED) is 0.333. The minimum Gasteiger partial charge on any atom is -0.466 e. The van der Waals surface area contributed by atoms with Crippen LogP contribution in [0.4, 0.5) is 0 Å². The Bertz CT molecular complexity index is 175. The molecule has 59 valence electrons. The van der Waals surface area contributed by atoms with Gasteiger partial charge in [-0.3, -0.25) is 0 Å². The van der Waals surface area contributed by atoms with E-state index in [1.165, 1.54) is 20.5 Å². The average Bonchev–Trinajstić information content (AvgIpc) is 2.01. The summed E-state index contributed by atoms with van der Waals surface area (Å²) < 4.78 is 4.29. The highest BCUT2D eigenvalue weighted by molar-refractivity contribution is 6.76. The third-order valence-electron chi connectivity index (χ3n) is 0.990. The van der Waals surface area contributed by atoms with Crippen molar-refractivity contribution in [2.24, 2.45) is 0 Å². The molecule has 0 fully saturated rings. The molecule has 11 heavy (non-hydrogen) atoms. The summed E-state index contributed by atoms with van der Waals surface area (Å²) in [5.74, 6) is -0.511. The number of rotatable bonds is 4. The standard InChI is InChI=1S/C7H10BO3/c1-3-8-6(9)4-5-7(10)11-2/h4-5H,3H2,1-2H3/b5-4-. The maximum Gasteiger partial charge on any atom is 0.330 e. The van der Waals surface area contributed by atoms with E-state index >= 15 is 0 Å². The van der Waals surface area contributed by atoms with Crippen LogP contribution in [-0.4, -0.2) is 26.0 Å². The van der Waals surface area contributed by atoms with Crippen LogP contribution >= 0.6 is 0 Å². The number of esters is 1. The number of hydrogen-bond donors (Lipinski definition) is 0. The summed E-state index contributed by atoms with van der Waals surface area (Å²) in [5.41, 5.74) is -0.169. The van der Waals surface area contributed by atoms with Crippen molar-refractivity contribution in [2.75, 3.05) is 7.11 Å². The molecule has 0 heterocycles. The minimum absolute atomic E-state index is 0.169. The summed E-state index contributed by atoms with van der Waals surface area (Å²) in [6.07, 6.45) is 2.97. The first-order valence-electron chi connectivity index (χ1n) is 3.34. The predicted molar refractivity (Wildman–Crippen MR) is 42.4 cm³/mol. The smallest absolute Gasteiger partial charge is 0.330 e. The third kappa shape index (κ3) is 5.39. The number of methoxy groups -OCH3 is 1. The van der Waals surface area contributed by atoms with Crippen LogP contribution in [0.25, 0.3) is 0 Å². The van der Waals surface area contributed by atoms with Crippen molar-refractivity contribution in [1.29, 1.82) is 0 Å². The van der Waals surface area contributed by atoms with Gasteiger partial charge in [-0.25, -0.2) is 4.79 Å². The fourth-order valence-corrected chi connectivity index (χ4v) is 0.487. The largest absolute Gasteiger partial charge is 0.466 e. The minimum atomic E-state index is -0.511. The maximum absolute atomic E-state index is 10.7. The molecule has 0 saturated heterocycles. The van der Waals surface area contributed by atoms with E-state index in [9.17, 15) is 9.59 Å². The topological polar surface area (TPSA) is 43.4 Å². The molecule has 0 amide bonds. The summed E-state index contributed by atoms with van der Waals surface area (Å²) in [4.78, 5) is 21.2. The Kier molecular flexibility index (Phi) is 5.16. The van der Waals surface area contributed by atoms with Crippen LogP contribution in [0.2, 0.25) is 6.32 Å². The van der Waals surface area contributed by atoms with Crippen LogP contribution in [-0.2, 0) is 14.3 Å². The summed E-state index contributed by atoms with van der Waals surface area (Å²) in [6.45, 7) is 1.85. The first-order valence-corrected chi connectivity index (χ1v) is 3.34. The van der Waals surface area contributed by atoms with Gasteiger partial charge in [0.2, 0.25) is 7.28 Å². The van der Waals surface area contributed by atoms with Crippen LogP contribution in [0.5, 0.6) is 0 Å². The Morgan fingerprint density at radius 1 is 1.45 bits per heavy atom. The second-order valence-corrected chi connectivity index (χ2v) is 1.87. The molecule has 0 spiro atoms. The molecule has 4 heteroatoms. The molecular weight excluding hydrogens is 143 g/mol. The van der Waals surface area contributed by atoms with E-state index in [2.05, 4.69) is 4.74 Å². The summed E-state index contributed by atoms with van der Waals surface area (Å²) in [7, 11) is 2.75. The molecule has 3 nitrogen and oxygen atoms in total. The highest BCUT2D eigenvalue weighted by Gasteiger charge is 1.97. The molecule has 0 rings (SSSR count). The molecule has 0 aliphatic carbocycles. The molecule has 0 aromatic carbocycles. The van der Waals surface area contributed by atoms with Crippen LogP contribution in [0.15, 0.2) is 12.2 Å². The van der Waals surface area contributed by atoms with E-state index < -0.39 is 5.97 Å². The highest BCUT2D eigenvalue weighted by atomic mass is 16.5. The molecule has 0 aromatic rings. The second kappa shape index (κ2) is 5.71. The Hall–Kier alpha value is -1.06. The molecule has 0 aliphatic rings. The fraction of sp³-hybridized carbons (Fsp3) is 0.429. The van der Waals surface area contributed by atoms with Gasteiger partial charge in [0.15, 0.2) is 0 Å². The van der Waals surface area contributed by atoms with E-state index in [1.54, 1.807) is 0 Å². The molecule has 0 aromatic heterocycles. The summed E-state index contributed by atoms with van der Waals surface area (Å²) in [5, 5.41) is 0. The second-order valence-electron chi connectivity index (χ2n) is 1.87. The molecule has 0 N–H and O–H groups in total. The van der Waals surface area contributed by atoms with Crippen molar-refractivity contribution >= 4 is 18.9 Å². The first-order chi connectivity index (χ1) is 5.20. The fourth-order valence-electron chi connectivity index (χ4n) is 0.487. The number of carbonyl (C=O) groups is 2. The monoisotopic (exact) mass is 153 g/mol. The van der Waals surface area contributed by atoms with Crippen LogP contribution < -0.4 is 0 Å². The number of ether oxygens (including phenoxy) is 1. The van der Waals surface area contributed by atoms with Crippen molar-refractivity contribution in [1.82, 2.24) is 0 Å². The number of hydrogen-bond acceptors (Lipinski definition) is 3. The van der Waals surface area contributed by atoms with Crippen molar-refractivity contribution in [3.63, 3.8) is 0 Å². The maximum atomic E-state index is 10.7. The van der Waals surface area contributed by atoms with Crippen molar-refractivity contribution in [3.05, 3.63) is 12.2 Å². The summed E-state index contributed by atoms with van der Waals surface area (Å²) in [6, 6.07) is 0. The number of carbonyl (C=O) groups excluding carboxylic acids is 2. The van der Waals surface area contributed by atoms with Crippen molar-refractivity contribution < 1.29 is 14.3 Å². The molecule has 0 atom stereocenters. The highest BCUT2D eigenvalue weighted by Crippen LogP contribution is 1.82. The van der Waals surface area contributed by atoms with Crippen molar-refractivity contribution in [3.8, 4) is 0 Å². The Morgan fingerprint density at radius 2 is 2.09 bits per heavy atom. The number of allylic oxidation sites excluding steroid dienone is 1. The zero-order valence-corrected chi connectivity index (χ0v) is 6.66. The van der Waals surface area contributed by atoms with E-state index in [0.29, 0.717) is 6.32 Å². The lowest BCUT2D eigenvalue weighted by Crippen LogP contribution is -2.04. The first kappa shape index (κ1) is 9.94. The van der Waals surface area contributed by atoms with E-state index in [4.69, 9.17) is 0 Å². The Morgan fingerprint density at radius 3 is 2.55 bits per heavy atom. The van der Waals surface area contributed by atoms with E-state index in [0.717, 1.165) is 6.08 Å². The molecule has 0 unspecified atom stereocenters. The van der Waals surface area contributed by atoms with E-state index in [1.807, 2.05) is 6.92 Å². The van der Waals surface area contributed by atoms with Crippen LogP contribution in [0.1, 0.15) is 6.92 Å². The molecule has 0 aliphatic heterocycles. The van der Waals surface area contributed by atoms with Crippen LogP contribution in [0.3, 0.4) is 0 Å². The van der Waals surface area contributed by atoms with Crippen molar-refractivity contribution in [2.45, 2.75) is 13.2 Å². The normalized spacial score (nSPS) is 9.64. The predicted octanol–water partition coefficient (Wildman–Crippen LogP) is 0.385. The Labute approximate surface area is 66.7 Å². The zero-order chi connectivity index (χ0) is 8.69. The lowest BCUT2D eigenvalue weighted by Gasteiger charge is -1.88. The Balaban J connectivity index is 3.73. The van der Waals surface area contributed by atoms with Gasteiger partial charge in [-0.05, 0) is 6.08 Å². The lowest BCUT2D eigenvalue weighted by molar-refractivity contribution is -0.135. The van der Waals surface area contributed by atoms with Gasteiger partial charge in [-0.15, -0.1) is 0 Å². The van der Waals surface area contributed by atoms with Crippen LogP contribution in [0, 0.1) is 0 Å². The van der Waals surface area contributed by atoms with Gasteiger partial charge >= 0.3 is 5.97 Å². The zero-order valence-electron chi connectivity index (χ0n) is 6.66. The van der Waals surface area contributed by atoms with Gasteiger partial charge in [-0.1, -0.05) is 13.2 Å². The molecular formula is C7H10BO3. The molecule has 1 radical (unpaired) electrons. The summed E-state index contributed by atoms with van der Waals surface area (Å²) >= 11 is 0. The van der Waals surface area contributed by atoms with Gasteiger partial charge < -0.3 is 9.53 Å².